The first-order valence-corrected chi connectivity index (χ1v) is 5.73. The minimum absolute atomic E-state index is 0.184. The van der Waals surface area contributed by atoms with E-state index in [-0.39, 0.29) is 5.56 Å². The van der Waals surface area contributed by atoms with Crippen molar-refractivity contribution in [2.75, 3.05) is 0 Å². The van der Waals surface area contributed by atoms with Gasteiger partial charge in [-0.3, -0.25) is 19.9 Å². The molecule has 2 fully saturated rings. The van der Waals surface area contributed by atoms with E-state index in [4.69, 9.17) is 0 Å². The lowest BCUT2D eigenvalue weighted by atomic mass is 10.1. The molecule has 0 bridgehead atoms. The highest BCUT2D eigenvalue weighted by atomic mass is 16.2. The van der Waals surface area contributed by atoms with Crippen molar-refractivity contribution in [3.63, 3.8) is 0 Å². The third-order valence-electron chi connectivity index (χ3n) is 3.02. The van der Waals surface area contributed by atoms with Crippen molar-refractivity contribution < 1.29 is 19.2 Å². The van der Waals surface area contributed by atoms with Crippen molar-refractivity contribution in [3.05, 3.63) is 30.1 Å². The van der Waals surface area contributed by atoms with Gasteiger partial charge >= 0.3 is 12.1 Å². The van der Waals surface area contributed by atoms with Gasteiger partial charge in [0.1, 0.15) is 12.2 Å². The highest BCUT2D eigenvalue weighted by Gasteiger charge is 2.50. The third-order valence-corrected chi connectivity index (χ3v) is 3.02. The molecule has 9 heteroatoms. The maximum atomic E-state index is 12.3. The summed E-state index contributed by atoms with van der Waals surface area (Å²) in [6.45, 7) is 0. The molecule has 2 aliphatic heterocycles. The number of hydrogen-bond donors (Lipinski definition) is 3. The normalized spacial score (nSPS) is 24.6. The van der Waals surface area contributed by atoms with Gasteiger partial charge in [0, 0.05) is 12.4 Å². The Labute approximate surface area is 112 Å². The molecule has 3 rings (SSSR count). The van der Waals surface area contributed by atoms with Gasteiger partial charge in [-0.05, 0) is 12.1 Å². The smallest absolute Gasteiger partial charge is 0.322 e. The molecular formula is C11H9N5O4. The van der Waals surface area contributed by atoms with Crippen LogP contribution in [-0.2, 0) is 4.79 Å². The molecule has 0 radical (unpaired) electrons. The van der Waals surface area contributed by atoms with Crippen molar-refractivity contribution >= 4 is 23.9 Å². The van der Waals surface area contributed by atoms with Gasteiger partial charge in [-0.2, -0.15) is 0 Å². The van der Waals surface area contributed by atoms with E-state index in [2.05, 4.69) is 15.6 Å². The molecule has 2 aliphatic rings. The van der Waals surface area contributed by atoms with Crippen LogP contribution in [-0.4, -0.2) is 46.0 Å². The molecule has 2 saturated heterocycles. The minimum Gasteiger partial charge on any atom is -0.322 e. The summed E-state index contributed by atoms with van der Waals surface area (Å²) in [5, 5.41) is 6.73. The molecule has 0 saturated carbocycles. The minimum atomic E-state index is -1.04. The first-order chi connectivity index (χ1) is 9.58. The summed E-state index contributed by atoms with van der Waals surface area (Å²) in [7, 11) is 0. The molecule has 20 heavy (non-hydrogen) atoms. The average Bonchev–Trinajstić information content (AvgIpc) is 2.76. The molecule has 9 nitrogen and oxygen atoms in total. The molecule has 102 valence electrons. The number of aromatic nitrogens is 1. The summed E-state index contributed by atoms with van der Waals surface area (Å²) in [5.41, 5.74) is 0.184. The SMILES string of the molecule is O=C1NC(=O)C2NC(=O)N(C(=O)c3cccnc3)C2N1. The topological polar surface area (TPSA) is 121 Å². The Bertz CT molecular complexity index is 616. The van der Waals surface area contributed by atoms with Crippen LogP contribution in [0, 0.1) is 0 Å². The van der Waals surface area contributed by atoms with E-state index in [1.807, 2.05) is 5.32 Å². The van der Waals surface area contributed by atoms with Crippen LogP contribution in [0.5, 0.6) is 0 Å². The standard InChI is InChI=1S/C11H9N5O4/c17-8-6-7(14-10(19)15-8)16(11(20)13-6)9(18)5-2-1-3-12-4-5/h1-4,6-7H,(H,13,20)(H2,14,15,17,19). The number of carbonyl (C=O) groups is 4. The molecule has 1 aromatic heterocycles. The molecule has 3 N–H and O–H groups in total. The lowest BCUT2D eigenvalue weighted by molar-refractivity contribution is -0.123. The number of pyridine rings is 1. The molecule has 0 aliphatic carbocycles. The van der Waals surface area contributed by atoms with Gasteiger partial charge in [0.05, 0.1) is 5.56 Å². The van der Waals surface area contributed by atoms with Gasteiger partial charge in [-0.1, -0.05) is 0 Å². The van der Waals surface area contributed by atoms with E-state index in [1.165, 1.54) is 18.5 Å². The van der Waals surface area contributed by atoms with Gasteiger partial charge < -0.3 is 10.6 Å². The fourth-order valence-electron chi connectivity index (χ4n) is 2.12. The molecule has 2 unspecified atom stereocenters. The van der Waals surface area contributed by atoms with Crippen LogP contribution >= 0.6 is 0 Å². The highest BCUT2D eigenvalue weighted by molar-refractivity contribution is 6.10. The van der Waals surface area contributed by atoms with E-state index in [1.54, 1.807) is 6.07 Å². The molecule has 0 aromatic carbocycles. The fraction of sp³-hybridized carbons (Fsp3) is 0.182. The van der Waals surface area contributed by atoms with Gasteiger partial charge in [-0.15, -0.1) is 0 Å². The van der Waals surface area contributed by atoms with Crippen LogP contribution in [0.3, 0.4) is 0 Å². The van der Waals surface area contributed by atoms with E-state index < -0.39 is 36.1 Å². The number of hydrogen-bond acceptors (Lipinski definition) is 5. The Balaban J connectivity index is 1.93. The lowest BCUT2D eigenvalue weighted by Gasteiger charge is -2.28. The second-order valence-electron chi connectivity index (χ2n) is 4.25. The third kappa shape index (κ3) is 1.76. The Morgan fingerprint density at radius 3 is 2.75 bits per heavy atom. The molecule has 3 heterocycles. The van der Waals surface area contributed by atoms with Gasteiger partial charge in [0.15, 0.2) is 0 Å². The van der Waals surface area contributed by atoms with Gasteiger partial charge in [0.2, 0.25) is 0 Å². The maximum absolute atomic E-state index is 12.3. The maximum Gasteiger partial charge on any atom is 0.326 e. The number of rotatable bonds is 1. The quantitative estimate of drug-likeness (QED) is 0.593. The van der Waals surface area contributed by atoms with Crippen LogP contribution in [0.4, 0.5) is 9.59 Å². The van der Waals surface area contributed by atoms with Crippen LogP contribution in [0.25, 0.3) is 0 Å². The van der Waals surface area contributed by atoms with E-state index in [0.717, 1.165) is 4.90 Å². The largest absolute Gasteiger partial charge is 0.326 e. The lowest BCUT2D eigenvalue weighted by Crippen LogP contribution is -2.65. The Morgan fingerprint density at radius 1 is 1.25 bits per heavy atom. The summed E-state index contributed by atoms with van der Waals surface area (Å²) in [4.78, 5) is 51.6. The van der Waals surface area contributed by atoms with Crippen molar-refractivity contribution in [1.82, 2.24) is 25.8 Å². The van der Waals surface area contributed by atoms with Crippen molar-refractivity contribution in [2.45, 2.75) is 12.2 Å². The van der Waals surface area contributed by atoms with Crippen LogP contribution in [0.1, 0.15) is 10.4 Å². The summed E-state index contributed by atoms with van der Waals surface area (Å²) < 4.78 is 0. The van der Waals surface area contributed by atoms with Crippen LogP contribution in [0.2, 0.25) is 0 Å². The molecule has 2 atom stereocenters. The zero-order valence-electron chi connectivity index (χ0n) is 9.99. The Hall–Kier alpha value is -2.97. The summed E-state index contributed by atoms with van der Waals surface area (Å²) in [5.74, 6) is -1.30. The van der Waals surface area contributed by atoms with E-state index >= 15 is 0 Å². The summed E-state index contributed by atoms with van der Waals surface area (Å²) in [6, 6.07) is 0.537. The van der Waals surface area contributed by atoms with Gasteiger partial charge in [0.25, 0.3) is 11.8 Å². The number of carbonyl (C=O) groups excluding carboxylic acids is 4. The number of fused-ring (bicyclic) bond motifs is 1. The average molecular weight is 275 g/mol. The molecular weight excluding hydrogens is 266 g/mol. The second-order valence-corrected chi connectivity index (χ2v) is 4.25. The molecule has 0 spiro atoms. The number of imide groups is 2. The molecule has 1 aromatic rings. The second kappa shape index (κ2) is 4.30. The zero-order chi connectivity index (χ0) is 14.3. The first-order valence-electron chi connectivity index (χ1n) is 5.73. The van der Waals surface area contributed by atoms with Crippen molar-refractivity contribution in [1.29, 1.82) is 0 Å². The summed E-state index contributed by atoms with van der Waals surface area (Å²) in [6.07, 6.45) is 1.74. The highest BCUT2D eigenvalue weighted by Crippen LogP contribution is 2.17. The van der Waals surface area contributed by atoms with Crippen molar-refractivity contribution in [2.24, 2.45) is 0 Å². The van der Waals surface area contributed by atoms with Crippen molar-refractivity contribution in [3.8, 4) is 0 Å². The van der Waals surface area contributed by atoms with E-state index in [0.29, 0.717) is 0 Å². The number of urea groups is 2. The summed E-state index contributed by atoms with van der Waals surface area (Å²) >= 11 is 0. The number of amides is 6. The fourth-order valence-corrected chi connectivity index (χ4v) is 2.12. The van der Waals surface area contributed by atoms with Crippen LogP contribution < -0.4 is 16.0 Å². The first kappa shape index (κ1) is 12.1. The molecule has 6 amide bonds. The van der Waals surface area contributed by atoms with E-state index in [9.17, 15) is 19.2 Å². The predicted molar refractivity (Wildman–Crippen MR) is 63.2 cm³/mol. The number of nitrogens with one attached hydrogen (secondary N) is 3. The predicted octanol–water partition coefficient (Wildman–Crippen LogP) is -1.22. The Morgan fingerprint density at radius 2 is 2.05 bits per heavy atom. The Kier molecular flexibility index (Phi) is 2.60. The monoisotopic (exact) mass is 275 g/mol. The zero-order valence-corrected chi connectivity index (χ0v) is 9.99. The van der Waals surface area contributed by atoms with Crippen LogP contribution in [0.15, 0.2) is 24.5 Å². The van der Waals surface area contributed by atoms with Gasteiger partial charge in [-0.25, -0.2) is 14.5 Å². The number of nitrogens with zero attached hydrogens (tertiary/aromatic N) is 2.